The van der Waals surface area contributed by atoms with Crippen LogP contribution in [0.25, 0.3) is 0 Å². The van der Waals surface area contributed by atoms with E-state index in [4.69, 9.17) is 9.47 Å². The number of hydrogen-bond donors (Lipinski definition) is 1. The van der Waals surface area contributed by atoms with Gasteiger partial charge in [-0.2, -0.15) is 0 Å². The molecule has 0 spiro atoms. The first-order valence-corrected chi connectivity index (χ1v) is 6.94. The molecule has 4 heteroatoms. The molecule has 2 aliphatic heterocycles. The van der Waals surface area contributed by atoms with E-state index < -0.39 is 11.2 Å². The van der Waals surface area contributed by atoms with E-state index in [1.807, 2.05) is 19.9 Å². The molecule has 4 nitrogen and oxygen atoms in total. The van der Waals surface area contributed by atoms with Crippen LogP contribution in [0.2, 0.25) is 0 Å². The van der Waals surface area contributed by atoms with Gasteiger partial charge in [0.2, 0.25) is 0 Å². The van der Waals surface area contributed by atoms with Crippen molar-refractivity contribution in [3.05, 3.63) is 23.3 Å². The Bertz CT molecular complexity index is 581. The highest BCUT2D eigenvalue weighted by molar-refractivity contribution is 6.00. The number of fused-ring (bicyclic) bond motifs is 2. The first kappa shape index (κ1) is 13.4. The van der Waals surface area contributed by atoms with Gasteiger partial charge in [-0.3, -0.25) is 4.79 Å². The van der Waals surface area contributed by atoms with Crippen LogP contribution in [0.3, 0.4) is 0 Å². The van der Waals surface area contributed by atoms with Gasteiger partial charge < -0.3 is 14.6 Å². The molecule has 0 saturated heterocycles. The number of carbonyl (C=O) groups excluding carboxylic acids is 1. The fraction of sp³-hybridized carbons (Fsp3) is 0.562. The Morgan fingerprint density at radius 2 is 2.00 bits per heavy atom. The first-order valence-electron chi connectivity index (χ1n) is 6.94. The number of ether oxygens (including phenoxy) is 2. The maximum Gasteiger partial charge on any atom is 0.170 e. The zero-order valence-corrected chi connectivity index (χ0v) is 12.3. The van der Waals surface area contributed by atoms with Gasteiger partial charge in [0.15, 0.2) is 5.78 Å². The van der Waals surface area contributed by atoms with Gasteiger partial charge >= 0.3 is 0 Å². The Labute approximate surface area is 118 Å². The monoisotopic (exact) mass is 276 g/mol. The van der Waals surface area contributed by atoms with Gasteiger partial charge in [-0.05, 0) is 39.8 Å². The molecule has 1 atom stereocenters. The lowest BCUT2D eigenvalue weighted by atomic mass is 9.91. The molecule has 2 heterocycles. The Kier molecular flexibility index (Phi) is 2.67. The van der Waals surface area contributed by atoms with Gasteiger partial charge in [0.05, 0.1) is 17.6 Å². The van der Waals surface area contributed by atoms with Crippen LogP contribution >= 0.6 is 0 Å². The van der Waals surface area contributed by atoms with Crippen molar-refractivity contribution in [1.29, 1.82) is 0 Å². The molecule has 0 unspecified atom stereocenters. The molecule has 0 radical (unpaired) electrons. The molecule has 0 amide bonds. The molecule has 0 saturated carbocycles. The number of hydrogen-bond acceptors (Lipinski definition) is 4. The maximum atomic E-state index is 12.2. The van der Waals surface area contributed by atoms with E-state index in [0.29, 0.717) is 29.9 Å². The van der Waals surface area contributed by atoms with Gasteiger partial charge in [-0.25, -0.2) is 0 Å². The first-order chi connectivity index (χ1) is 9.16. The average molecular weight is 276 g/mol. The van der Waals surface area contributed by atoms with Crippen LogP contribution < -0.4 is 9.47 Å². The number of ketones is 1. The van der Waals surface area contributed by atoms with E-state index in [1.165, 1.54) is 0 Å². The topological polar surface area (TPSA) is 55.8 Å². The summed E-state index contributed by atoms with van der Waals surface area (Å²) in [4.78, 5) is 12.2. The van der Waals surface area contributed by atoms with Crippen molar-refractivity contribution < 1.29 is 19.4 Å². The molecule has 1 N–H and O–H groups in total. The summed E-state index contributed by atoms with van der Waals surface area (Å²) in [6.07, 6.45) is 0.710. The zero-order chi connectivity index (χ0) is 14.7. The second kappa shape index (κ2) is 3.98. The van der Waals surface area contributed by atoms with Gasteiger partial charge in [-0.1, -0.05) is 0 Å². The van der Waals surface area contributed by atoms with E-state index in [0.717, 1.165) is 5.56 Å². The molecule has 108 valence electrons. The van der Waals surface area contributed by atoms with Crippen LogP contribution in [-0.4, -0.2) is 28.2 Å². The van der Waals surface area contributed by atoms with E-state index >= 15 is 0 Å². The highest BCUT2D eigenvalue weighted by atomic mass is 16.5. The minimum atomic E-state index is -0.913. The summed E-state index contributed by atoms with van der Waals surface area (Å²) >= 11 is 0. The normalized spacial score (nSPS) is 23.6. The molecule has 1 aromatic rings. The number of carbonyl (C=O) groups is 1. The van der Waals surface area contributed by atoms with Crippen molar-refractivity contribution in [2.45, 2.75) is 57.8 Å². The third kappa shape index (κ3) is 2.18. The number of Topliss-reactive ketones (excluding diaryl/α,β-unsaturated/α-hetero) is 1. The molecule has 0 fully saturated rings. The lowest BCUT2D eigenvalue weighted by Crippen LogP contribution is -2.39. The van der Waals surface area contributed by atoms with Crippen molar-refractivity contribution in [1.82, 2.24) is 0 Å². The largest absolute Gasteiger partial charge is 0.487 e. The molecule has 0 aliphatic carbocycles. The summed E-state index contributed by atoms with van der Waals surface area (Å²) in [5.74, 6) is 1.40. The van der Waals surface area contributed by atoms with Crippen LogP contribution in [-0.2, 0) is 6.42 Å². The summed E-state index contributed by atoms with van der Waals surface area (Å²) in [6, 6.07) is 3.64. The minimum absolute atomic E-state index is 0.0781. The molecular weight excluding hydrogens is 256 g/mol. The lowest BCUT2D eigenvalue weighted by molar-refractivity contribution is -0.0229. The van der Waals surface area contributed by atoms with Crippen LogP contribution in [0.1, 0.15) is 50.0 Å². The smallest absolute Gasteiger partial charge is 0.170 e. The van der Waals surface area contributed by atoms with Crippen LogP contribution in [0.15, 0.2) is 12.1 Å². The summed E-state index contributed by atoms with van der Waals surface area (Å²) in [5.41, 5.74) is 0.192. The van der Waals surface area contributed by atoms with Crippen molar-refractivity contribution in [2.75, 3.05) is 0 Å². The summed E-state index contributed by atoms with van der Waals surface area (Å²) < 4.78 is 11.7. The predicted molar refractivity (Wildman–Crippen MR) is 74.5 cm³/mol. The van der Waals surface area contributed by atoms with Gasteiger partial charge in [0, 0.05) is 12.0 Å². The summed E-state index contributed by atoms with van der Waals surface area (Å²) in [5, 5.41) is 10.1. The van der Waals surface area contributed by atoms with Gasteiger partial charge in [0.25, 0.3) is 0 Å². The van der Waals surface area contributed by atoms with Crippen molar-refractivity contribution in [3.8, 4) is 11.5 Å². The molecule has 3 rings (SSSR count). The molecule has 1 aromatic carbocycles. The van der Waals surface area contributed by atoms with E-state index in [2.05, 4.69) is 0 Å². The van der Waals surface area contributed by atoms with Crippen molar-refractivity contribution in [2.24, 2.45) is 0 Å². The Balaban J connectivity index is 1.99. The SMILES string of the molecule is CC1(C)CC(=O)c2cc3c(cc2O1)C[C@H](C(C)(C)O)O3. The predicted octanol–water partition coefficient (Wildman–Crippen LogP) is 2.50. The van der Waals surface area contributed by atoms with Crippen LogP contribution in [0.4, 0.5) is 0 Å². The highest BCUT2D eigenvalue weighted by Gasteiger charge is 2.38. The molecule has 2 aliphatic rings. The fourth-order valence-corrected chi connectivity index (χ4v) is 2.78. The zero-order valence-electron chi connectivity index (χ0n) is 12.3. The third-order valence-electron chi connectivity index (χ3n) is 3.90. The third-order valence-corrected chi connectivity index (χ3v) is 3.90. The second-order valence-corrected chi connectivity index (χ2v) is 6.88. The van der Waals surface area contributed by atoms with E-state index in [-0.39, 0.29) is 11.9 Å². The van der Waals surface area contributed by atoms with Crippen LogP contribution in [0, 0.1) is 0 Å². The van der Waals surface area contributed by atoms with Crippen molar-refractivity contribution in [3.63, 3.8) is 0 Å². The maximum absolute atomic E-state index is 12.2. The summed E-state index contributed by atoms with van der Waals surface area (Å²) in [7, 11) is 0. The number of rotatable bonds is 1. The summed E-state index contributed by atoms with van der Waals surface area (Å²) in [6.45, 7) is 7.29. The minimum Gasteiger partial charge on any atom is -0.487 e. The molecule has 0 bridgehead atoms. The molecule has 0 aromatic heterocycles. The number of benzene rings is 1. The quantitative estimate of drug-likeness (QED) is 0.856. The molecule has 20 heavy (non-hydrogen) atoms. The lowest BCUT2D eigenvalue weighted by Gasteiger charge is -2.31. The Hall–Kier alpha value is -1.55. The number of aliphatic hydroxyl groups is 1. The molecular formula is C16H20O4. The van der Waals surface area contributed by atoms with E-state index in [1.54, 1.807) is 19.9 Å². The highest BCUT2D eigenvalue weighted by Crippen LogP contribution is 2.41. The Morgan fingerprint density at radius 3 is 2.65 bits per heavy atom. The van der Waals surface area contributed by atoms with Crippen molar-refractivity contribution >= 4 is 5.78 Å². The second-order valence-electron chi connectivity index (χ2n) is 6.88. The van der Waals surface area contributed by atoms with Crippen LogP contribution in [0.5, 0.6) is 11.5 Å². The van der Waals surface area contributed by atoms with Gasteiger partial charge in [-0.15, -0.1) is 0 Å². The standard InChI is InChI=1S/C16H20O4/c1-15(2)8-11(17)10-7-12-9(5-13(10)20-15)6-14(19-12)16(3,4)18/h5,7,14,18H,6,8H2,1-4H3/t14-/m1/s1. The fourth-order valence-electron chi connectivity index (χ4n) is 2.78. The average Bonchev–Trinajstić information content (AvgIpc) is 2.67. The van der Waals surface area contributed by atoms with Gasteiger partial charge in [0.1, 0.15) is 23.2 Å². The Morgan fingerprint density at radius 1 is 1.30 bits per heavy atom. The van der Waals surface area contributed by atoms with E-state index in [9.17, 15) is 9.90 Å².